The molecule has 0 N–H and O–H groups in total. The second-order valence-corrected chi connectivity index (χ2v) is 6.08. The third-order valence-electron chi connectivity index (χ3n) is 4.92. The monoisotopic (exact) mass is 302 g/mol. The van der Waals surface area contributed by atoms with Gasteiger partial charge in [-0.3, -0.25) is 19.7 Å². The molecule has 114 valence electrons. The van der Waals surface area contributed by atoms with Crippen molar-refractivity contribution >= 4 is 23.2 Å². The van der Waals surface area contributed by atoms with Crippen LogP contribution in [-0.2, 0) is 14.3 Å². The number of benzene rings is 1. The van der Waals surface area contributed by atoms with Crippen molar-refractivity contribution in [1.82, 2.24) is 0 Å². The number of nitro groups is 1. The number of fused-ring (bicyclic) bond motifs is 5. The lowest BCUT2D eigenvalue weighted by molar-refractivity contribution is -0.385. The van der Waals surface area contributed by atoms with Crippen LogP contribution in [0.15, 0.2) is 18.2 Å². The van der Waals surface area contributed by atoms with E-state index in [4.69, 9.17) is 4.74 Å². The zero-order valence-corrected chi connectivity index (χ0v) is 11.9. The number of anilines is 1. The van der Waals surface area contributed by atoms with Gasteiger partial charge < -0.3 is 4.74 Å². The molecule has 0 unspecified atom stereocenters. The number of nitro benzene ring substituents is 1. The second kappa shape index (κ2) is 4.36. The molecule has 3 fully saturated rings. The Labute approximate surface area is 126 Å². The lowest BCUT2D eigenvalue weighted by atomic mass is 9.81. The summed E-state index contributed by atoms with van der Waals surface area (Å²) in [5, 5.41) is 10.9. The van der Waals surface area contributed by atoms with Gasteiger partial charge in [0.25, 0.3) is 5.69 Å². The summed E-state index contributed by atoms with van der Waals surface area (Å²) < 4.78 is 5.68. The quantitative estimate of drug-likeness (QED) is 0.470. The minimum atomic E-state index is -0.477. The van der Waals surface area contributed by atoms with E-state index >= 15 is 0 Å². The van der Waals surface area contributed by atoms with Crippen LogP contribution in [-0.4, -0.2) is 28.9 Å². The average Bonchev–Trinajstić information content (AvgIpc) is 3.12. The molecule has 3 aliphatic rings. The van der Waals surface area contributed by atoms with E-state index in [2.05, 4.69) is 0 Å². The summed E-state index contributed by atoms with van der Waals surface area (Å²) in [5.41, 5.74) is 0.817. The predicted octanol–water partition coefficient (Wildman–Crippen LogP) is 1.57. The SMILES string of the molecule is Cc1cc(N2C(=O)[C@H]3[C@H](C2=O)[C@H]2CC[C@H]3O2)ccc1[N+](=O)[O-]. The summed E-state index contributed by atoms with van der Waals surface area (Å²) in [7, 11) is 0. The molecule has 0 saturated carbocycles. The van der Waals surface area contributed by atoms with Crippen LogP contribution in [0.5, 0.6) is 0 Å². The van der Waals surface area contributed by atoms with E-state index < -0.39 is 4.92 Å². The number of aryl methyl sites for hydroxylation is 1. The Morgan fingerprint density at radius 1 is 1.18 bits per heavy atom. The number of hydrogen-bond donors (Lipinski definition) is 0. The molecule has 0 aliphatic carbocycles. The van der Waals surface area contributed by atoms with E-state index in [1.165, 1.54) is 23.1 Å². The number of imide groups is 1. The van der Waals surface area contributed by atoms with Gasteiger partial charge in [0.05, 0.1) is 34.7 Å². The maximum atomic E-state index is 12.6. The summed E-state index contributed by atoms with van der Waals surface area (Å²) in [5.74, 6) is -1.26. The zero-order valence-electron chi connectivity index (χ0n) is 11.9. The van der Waals surface area contributed by atoms with Crippen molar-refractivity contribution in [2.24, 2.45) is 11.8 Å². The Kier molecular flexibility index (Phi) is 2.65. The molecule has 0 spiro atoms. The minimum absolute atomic E-state index is 0.0218. The highest BCUT2D eigenvalue weighted by molar-refractivity contribution is 6.22. The fourth-order valence-electron chi connectivity index (χ4n) is 3.95. The second-order valence-electron chi connectivity index (χ2n) is 6.08. The van der Waals surface area contributed by atoms with Gasteiger partial charge in [-0.15, -0.1) is 0 Å². The van der Waals surface area contributed by atoms with E-state index in [1.54, 1.807) is 6.92 Å². The first-order valence-electron chi connectivity index (χ1n) is 7.27. The van der Waals surface area contributed by atoms with Crippen molar-refractivity contribution in [2.75, 3.05) is 4.90 Å². The van der Waals surface area contributed by atoms with Crippen molar-refractivity contribution in [3.05, 3.63) is 33.9 Å². The number of nitrogens with zero attached hydrogens (tertiary/aromatic N) is 2. The normalized spacial score (nSPS) is 32.7. The maximum absolute atomic E-state index is 12.6. The molecule has 7 heteroatoms. The van der Waals surface area contributed by atoms with Crippen LogP contribution in [0.4, 0.5) is 11.4 Å². The van der Waals surface area contributed by atoms with Gasteiger partial charge >= 0.3 is 0 Å². The molecule has 3 heterocycles. The van der Waals surface area contributed by atoms with Crippen LogP contribution in [0.3, 0.4) is 0 Å². The van der Waals surface area contributed by atoms with Gasteiger partial charge in [-0.2, -0.15) is 0 Å². The molecule has 1 aromatic rings. The summed E-state index contributed by atoms with van der Waals surface area (Å²) in [4.78, 5) is 36.8. The van der Waals surface area contributed by atoms with Gasteiger partial charge in [0, 0.05) is 11.6 Å². The molecule has 3 aliphatic heterocycles. The smallest absolute Gasteiger partial charge is 0.272 e. The number of carbonyl (C=O) groups is 2. The highest BCUT2D eigenvalue weighted by atomic mass is 16.6. The molecule has 2 amide bonds. The van der Waals surface area contributed by atoms with E-state index in [-0.39, 0.29) is 41.5 Å². The van der Waals surface area contributed by atoms with E-state index in [0.717, 1.165) is 12.8 Å². The number of hydrogen-bond acceptors (Lipinski definition) is 5. The van der Waals surface area contributed by atoms with Crippen molar-refractivity contribution in [3.63, 3.8) is 0 Å². The molecule has 7 nitrogen and oxygen atoms in total. The third kappa shape index (κ3) is 1.60. The highest BCUT2D eigenvalue weighted by Gasteiger charge is 2.62. The molecule has 3 saturated heterocycles. The number of ether oxygens (including phenoxy) is 1. The van der Waals surface area contributed by atoms with Gasteiger partial charge in [0.1, 0.15) is 0 Å². The molecule has 1 aromatic carbocycles. The first-order valence-corrected chi connectivity index (χ1v) is 7.27. The molecule has 0 aromatic heterocycles. The molecule has 2 bridgehead atoms. The van der Waals surface area contributed by atoms with Gasteiger partial charge in [0.15, 0.2) is 0 Å². The largest absolute Gasteiger partial charge is 0.373 e. The van der Waals surface area contributed by atoms with Gasteiger partial charge in [-0.25, -0.2) is 4.90 Å². The number of rotatable bonds is 2. The van der Waals surface area contributed by atoms with Crippen LogP contribution in [0.25, 0.3) is 0 Å². The first-order chi connectivity index (χ1) is 10.5. The number of carbonyl (C=O) groups excluding carboxylic acids is 2. The summed E-state index contributed by atoms with van der Waals surface area (Å²) >= 11 is 0. The minimum Gasteiger partial charge on any atom is -0.373 e. The van der Waals surface area contributed by atoms with E-state index in [1.807, 2.05) is 0 Å². The Hall–Kier alpha value is -2.28. The maximum Gasteiger partial charge on any atom is 0.272 e. The van der Waals surface area contributed by atoms with Crippen LogP contribution >= 0.6 is 0 Å². The Balaban J connectivity index is 1.72. The van der Waals surface area contributed by atoms with Gasteiger partial charge in [-0.1, -0.05) is 0 Å². The molecular formula is C15H14N2O5. The lowest BCUT2D eigenvalue weighted by Gasteiger charge is -2.17. The van der Waals surface area contributed by atoms with Crippen LogP contribution in [0.1, 0.15) is 18.4 Å². The lowest BCUT2D eigenvalue weighted by Crippen LogP contribution is -2.34. The molecular weight excluding hydrogens is 288 g/mol. The molecule has 0 radical (unpaired) electrons. The standard InChI is InChI=1S/C15H14N2O5/c1-7-6-8(2-3-9(7)17(20)21)16-14(18)12-10-4-5-11(22-10)13(12)15(16)19/h2-3,6,10-13H,4-5H2,1H3/t10-,11-,12-,13-/m1/s1. The van der Waals surface area contributed by atoms with E-state index in [9.17, 15) is 19.7 Å². The highest BCUT2D eigenvalue weighted by Crippen LogP contribution is 2.49. The third-order valence-corrected chi connectivity index (χ3v) is 4.92. The zero-order chi connectivity index (χ0) is 15.6. The van der Waals surface area contributed by atoms with Crippen molar-refractivity contribution in [2.45, 2.75) is 32.0 Å². The summed E-state index contributed by atoms with van der Waals surface area (Å²) in [6, 6.07) is 4.33. The number of amides is 2. The fourth-order valence-corrected chi connectivity index (χ4v) is 3.95. The summed E-state index contributed by atoms with van der Waals surface area (Å²) in [6.07, 6.45) is 1.32. The Bertz CT molecular complexity index is 688. The Morgan fingerprint density at radius 2 is 1.77 bits per heavy atom. The van der Waals surface area contributed by atoms with Crippen LogP contribution in [0.2, 0.25) is 0 Å². The molecule has 4 atom stereocenters. The topological polar surface area (TPSA) is 89.8 Å². The summed E-state index contributed by atoms with van der Waals surface area (Å²) in [6.45, 7) is 1.60. The van der Waals surface area contributed by atoms with Crippen molar-refractivity contribution in [1.29, 1.82) is 0 Å². The molecule has 22 heavy (non-hydrogen) atoms. The van der Waals surface area contributed by atoms with Crippen molar-refractivity contribution < 1.29 is 19.2 Å². The molecule has 4 rings (SSSR count). The predicted molar refractivity (Wildman–Crippen MR) is 75.2 cm³/mol. The first kappa shape index (κ1) is 13.4. The van der Waals surface area contributed by atoms with Crippen molar-refractivity contribution in [3.8, 4) is 0 Å². The van der Waals surface area contributed by atoms with Crippen LogP contribution in [0, 0.1) is 28.9 Å². The van der Waals surface area contributed by atoms with Crippen LogP contribution < -0.4 is 4.90 Å². The van der Waals surface area contributed by atoms with Gasteiger partial charge in [-0.05, 0) is 31.9 Å². The van der Waals surface area contributed by atoms with Gasteiger partial charge in [0.2, 0.25) is 11.8 Å². The Morgan fingerprint density at radius 3 is 2.27 bits per heavy atom. The average molecular weight is 302 g/mol. The fraction of sp³-hybridized carbons (Fsp3) is 0.467. The van der Waals surface area contributed by atoms with E-state index in [0.29, 0.717) is 11.3 Å².